The van der Waals surface area contributed by atoms with Gasteiger partial charge in [-0.1, -0.05) is 12.8 Å². The van der Waals surface area contributed by atoms with Gasteiger partial charge in [0.05, 0.1) is 16.8 Å². The van der Waals surface area contributed by atoms with Gasteiger partial charge >= 0.3 is 0 Å². The molecule has 3 heteroatoms. The predicted octanol–water partition coefficient (Wildman–Crippen LogP) is 3.88. The molecule has 0 spiro atoms. The van der Waals surface area contributed by atoms with Gasteiger partial charge in [0.15, 0.2) is 0 Å². The van der Waals surface area contributed by atoms with Crippen LogP contribution in [0, 0.1) is 5.92 Å². The Morgan fingerprint density at radius 3 is 2.87 bits per heavy atom. The zero-order chi connectivity index (χ0) is 10.7. The van der Waals surface area contributed by atoms with Gasteiger partial charge in [0.1, 0.15) is 5.76 Å². The van der Waals surface area contributed by atoms with Crippen LogP contribution in [0.25, 0.3) is 0 Å². The van der Waals surface area contributed by atoms with Crippen molar-refractivity contribution in [2.75, 3.05) is 6.54 Å². The summed E-state index contributed by atoms with van der Waals surface area (Å²) in [4.78, 5) is 0. The van der Waals surface area contributed by atoms with E-state index in [4.69, 9.17) is 4.42 Å². The number of furan rings is 1. The van der Waals surface area contributed by atoms with Gasteiger partial charge in [-0.05, 0) is 54.2 Å². The van der Waals surface area contributed by atoms with Crippen molar-refractivity contribution in [2.45, 2.75) is 38.6 Å². The fourth-order valence-electron chi connectivity index (χ4n) is 2.27. The van der Waals surface area contributed by atoms with E-state index >= 15 is 0 Å². The molecule has 1 aliphatic carbocycles. The molecule has 0 bridgehead atoms. The minimum absolute atomic E-state index is 0.301. The van der Waals surface area contributed by atoms with E-state index in [-0.39, 0.29) is 0 Å². The zero-order valence-electron chi connectivity index (χ0n) is 9.13. The average molecular weight is 272 g/mol. The van der Waals surface area contributed by atoms with Crippen molar-refractivity contribution in [3.05, 3.63) is 22.6 Å². The standard InChI is InChI=1S/C12H18BrNO/c1-9(12-11(13)6-7-15-12)14-8-10-4-2-3-5-10/h6-7,9-10,14H,2-5,8H2,1H3. The largest absolute Gasteiger partial charge is 0.466 e. The molecule has 1 saturated carbocycles. The van der Waals surface area contributed by atoms with Gasteiger partial charge < -0.3 is 9.73 Å². The molecule has 1 aromatic rings. The lowest BCUT2D eigenvalue weighted by Crippen LogP contribution is -2.24. The molecule has 15 heavy (non-hydrogen) atoms. The maximum Gasteiger partial charge on any atom is 0.134 e. The van der Waals surface area contributed by atoms with Crippen molar-refractivity contribution in [2.24, 2.45) is 5.92 Å². The van der Waals surface area contributed by atoms with E-state index < -0.39 is 0 Å². The fourth-order valence-corrected chi connectivity index (χ4v) is 2.81. The Labute approximate surface area is 99.6 Å². The van der Waals surface area contributed by atoms with Crippen LogP contribution in [-0.2, 0) is 0 Å². The van der Waals surface area contributed by atoms with E-state index in [2.05, 4.69) is 28.2 Å². The van der Waals surface area contributed by atoms with Crippen LogP contribution in [0.1, 0.15) is 44.4 Å². The maximum atomic E-state index is 5.43. The molecular formula is C12H18BrNO. The van der Waals surface area contributed by atoms with E-state index in [1.54, 1.807) is 6.26 Å². The van der Waals surface area contributed by atoms with Gasteiger partial charge in [0.2, 0.25) is 0 Å². The lowest BCUT2D eigenvalue weighted by atomic mass is 10.1. The molecule has 0 saturated heterocycles. The Balaban J connectivity index is 1.81. The first-order valence-electron chi connectivity index (χ1n) is 5.73. The van der Waals surface area contributed by atoms with Crippen molar-refractivity contribution >= 4 is 15.9 Å². The van der Waals surface area contributed by atoms with Gasteiger partial charge in [-0.3, -0.25) is 0 Å². The Morgan fingerprint density at radius 2 is 2.27 bits per heavy atom. The molecule has 84 valence electrons. The van der Waals surface area contributed by atoms with E-state index in [9.17, 15) is 0 Å². The molecule has 2 rings (SSSR count). The van der Waals surface area contributed by atoms with Gasteiger partial charge in [-0.15, -0.1) is 0 Å². The lowest BCUT2D eigenvalue weighted by Gasteiger charge is -2.15. The molecule has 0 aliphatic heterocycles. The molecule has 1 unspecified atom stereocenters. The Morgan fingerprint density at radius 1 is 1.53 bits per heavy atom. The van der Waals surface area contributed by atoms with E-state index in [0.29, 0.717) is 6.04 Å². The molecule has 1 aliphatic rings. The first-order chi connectivity index (χ1) is 7.27. The van der Waals surface area contributed by atoms with Crippen LogP contribution < -0.4 is 5.32 Å². The van der Waals surface area contributed by atoms with Crippen LogP contribution in [-0.4, -0.2) is 6.54 Å². The number of rotatable bonds is 4. The summed E-state index contributed by atoms with van der Waals surface area (Å²) in [6.45, 7) is 3.27. The number of nitrogens with one attached hydrogen (secondary N) is 1. The predicted molar refractivity (Wildman–Crippen MR) is 64.8 cm³/mol. The second-order valence-corrected chi connectivity index (χ2v) is 5.27. The van der Waals surface area contributed by atoms with E-state index in [1.807, 2.05) is 6.07 Å². The third-order valence-electron chi connectivity index (χ3n) is 3.23. The zero-order valence-corrected chi connectivity index (χ0v) is 10.7. The van der Waals surface area contributed by atoms with Gasteiger partial charge in [0.25, 0.3) is 0 Å². The summed E-state index contributed by atoms with van der Waals surface area (Å²) < 4.78 is 6.50. The molecule has 0 radical (unpaired) electrons. The fraction of sp³-hybridized carbons (Fsp3) is 0.667. The Hall–Kier alpha value is -0.280. The third kappa shape index (κ3) is 2.85. The highest BCUT2D eigenvalue weighted by Crippen LogP contribution is 2.27. The number of halogens is 1. The van der Waals surface area contributed by atoms with Crippen molar-refractivity contribution in [3.63, 3.8) is 0 Å². The summed E-state index contributed by atoms with van der Waals surface area (Å²) in [5.41, 5.74) is 0. The molecular weight excluding hydrogens is 254 g/mol. The minimum atomic E-state index is 0.301. The quantitative estimate of drug-likeness (QED) is 0.899. The molecule has 0 amide bonds. The molecule has 1 heterocycles. The molecule has 1 atom stereocenters. The third-order valence-corrected chi connectivity index (χ3v) is 3.88. The van der Waals surface area contributed by atoms with Crippen molar-refractivity contribution in [1.82, 2.24) is 5.32 Å². The summed E-state index contributed by atoms with van der Waals surface area (Å²) in [5, 5.41) is 3.54. The van der Waals surface area contributed by atoms with Crippen LogP contribution in [0.3, 0.4) is 0 Å². The summed E-state index contributed by atoms with van der Waals surface area (Å²) in [6, 6.07) is 2.25. The molecule has 0 aromatic carbocycles. The summed E-state index contributed by atoms with van der Waals surface area (Å²) in [5.74, 6) is 1.88. The summed E-state index contributed by atoms with van der Waals surface area (Å²) >= 11 is 3.49. The highest BCUT2D eigenvalue weighted by molar-refractivity contribution is 9.10. The van der Waals surface area contributed by atoms with Crippen LogP contribution in [0.5, 0.6) is 0 Å². The Kier molecular flexibility index (Phi) is 3.87. The summed E-state index contributed by atoms with van der Waals surface area (Å²) in [6.07, 6.45) is 7.32. The smallest absolute Gasteiger partial charge is 0.134 e. The highest BCUT2D eigenvalue weighted by atomic mass is 79.9. The molecule has 2 nitrogen and oxygen atoms in total. The van der Waals surface area contributed by atoms with Gasteiger partial charge in [-0.2, -0.15) is 0 Å². The van der Waals surface area contributed by atoms with Crippen molar-refractivity contribution in [1.29, 1.82) is 0 Å². The van der Waals surface area contributed by atoms with Crippen LogP contribution in [0.2, 0.25) is 0 Å². The van der Waals surface area contributed by atoms with Gasteiger partial charge in [-0.25, -0.2) is 0 Å². The second kappa shape index (κ2) is 5.17. The lowest BCUT2D eigenvalue weighted by molar-refractivity contribution is 0.394. The van der Waals surface area contributed by atoms with Crippen LogP contribution >= 0.6 is 15.9 Å². The molecule has 1 fully saturated rings. The highest BCUT2D eigenvalue weighted by Gasteiger charge is 2.17. The van der Waals surface area contributed by atoms with Gasteiger partial charge in [0, 0.05) is 0 Å². The SMILES string of the molecule is CC(NCC1CCCC1)c1occc1Br. The average Bonchev–Trinajstić information content (AvgIpc) is 2.84. The monoisotopic (exact) mass is 271 g/mol. The first-order valence-corrected chi connectivity index (χ1v) is 6.53. The first kappa shape index (κ1) is 11.2. The van der Waals surface area contributed by atoms with E-state index in [0.717, 1.165) is 22.7 Å². The minimum Gasteiger partial charge on any atom is -0.466 e. The number of hydrogen-bond acceptors (Lipinski definition) is 2. The normalized spacial score (nSPS) is 19.6. The number of hydrogen-bond donors (Lipinski definition) is 1. The summed E-state index contributed by atoms with van der Waals surface area (Å²) in [7, 11) is 0. The maximum absolute atomic E-state index is 5.43. The Bertz CT molecular complexity index is 304. The van der Waals surface area contributed by atoms with Crippen molar-refractivity contribution in [3.8, 4) is 0 Å². The van der Waals surface area contributed by atoms with Crippen LogP contribution in [0.4, 0.5) is 0 Å². The second-order valence-electron chi connectivity index (χ2n) is 4.41. The van der Waals surface area contributed by atoms with Crippen LogP contribution in [0.15, 0.2) is 21.2 Å². The van der Waals surface area contributed by atoms with E-state index in [1.165, 1.54) is 25.7 Å². The topological polar surface area (TPSA) is 25.2 Å². The molecule has 1 N–H and O–H groups in total. The van der Waals surface area contributed by atoms with Crippen molar-refractivity contribution < 1.29 is 4.42 Å². The molecule has 1 aromatic heterocycles.